The number of hydrogen-bond donors (Lipinski definition) is 2. The number of carbonyl (C=O) groups is 1. The molecule has 3 N–H and O–H groups in total. The van der Waals surface area contributed by atoms with Crippen LogP contribution < -0.4 is 11.1 Å². The number of nitrogens with one attached hydrogen (secondary N) is 1. The van der Waals surface area contributed by atoms with Crippen LogP contribution in [0.3, 0.4) is 0 Å². The molecule has 1 amide bonds. The van der Waals surface area contributed by atoms with Gasteiger partial charge in [0.25, 0.3) is 5.91 Å². The highest BCUT2D eigenvalue weighted by atomic mass is 32.1. The van der Waals surface area contributed by atoms with Gasteiger partial charge >= 0.3 is 0 Å². The van der Waals surface area contributed by atoms with Gasteiger partial charge in [0.1, 0.15) is 4.88 Å². The zero-order valence-corrected chi connectivity index (χ0v) is 15.9. The lowest BCUT2D eigenvalue weighted by Gasteiger charge is -2.18. The minimum atomic E-state index is -0.221. The normalized spacial score (nSPS) is 13.1. The minimum Gasteiger partial charge on any atom is -0.349 e. The summed E-state index contributed by atoms with van der Waals surface area (Å²) in [5.41, 5.74) is 10.9. The highest BCUT2D eigenvalue weighted by Crippen LogP contribution is 2.27. The van der Waals surface area contributed by atoms with Crippen molar-refractivity contribution in [3.63, 3.8) is 0 Å². The summed E-state index contributed by atoms with van der Waals surface area (Å²) in [5, 5.41) is 2.94. The van der Waals surface area contributed by atoms with Crippen LogP contribution in [0.4, 0.5) is 0 Å². The Morgan fingerprint density at radius 1 is 1.21 bits per heavy atom. The highest BCUT2D eigenvalue weighted by Gasteiger charge is 2.25. The number of nitrogens with two attached hydrogens (primary N) is 1. The van der Waals surface area contributed by atoms with E-state index in [9.17, 15) is 4.79 Å². The summed E-state index contributed by atoms with van der Waals surface area (Å²) in [6, 6.07) is 8.06. The van der Waals surface area contributed by atoms with Crippen LogP contribution in [0.5, 0.6) is 0 Å². The number of benzene rings is 1. The van der Waals surface area contributed by atoms with Crippen molar-refractivity contribution in [2.75, 3.05) is 6.54 Å². The van der Waals surface area contributed by atoms with E-state index in [0.29, 0.717) is 17.3 Å². The van der Waals surface area contributed by atoms with Crippen LogP contribution in [0.1, 0.15) is 73.1 Å². The summed E-state index contributed by atoms with van der Waals surface area (Å²) in [5.74, 6) is 0.397. The van der Waals surface area contributed by atoms with E-state index < -0.39 is 0 Å². The Morgan fingerprint density at radius 3 is 2.33 bits per heavy atom. The molecule has 1 unspecified atom stereocenters. The lowest BCUT2D eigenvalue weighted by Crippen LogP contribution is -2.32. The summed E-state index contributed by atoms with van der Waals surface area (Å²) in [4.78, 5) is 17.5. The highest BCUT2D eigenvalue weighted by molar-refractivity contribution is 7.11. The lowest BCUT2D eigenvalue weighted by molar-refractivity contribution is 0.0953. The second-order valence-electron chi connectivity index (χ2n) is 7.42. The third-order valence-electron chi connectivity index (χ3n) is 4.00. The van der Waals surface area contributed by atoms with Gasteiger partial charge in [-0.1, -0.05) is 58.9 Å². The van der Waals surface area contributed by atoms with Crippen molar-refractivity contribution in [2.24, 2.45) is 5.73 Å². The Labute approximate surface area is 148 Å². The minimum absolute atomic E-state index is 0.100. The standard InChI is InChI=1S/C19H27N3OS/c1-12(2)13-6-8-14(9-7-13)15(20)10-21-18(23)16-17(19(3,4)5)22-11-24-16/h6-9,11-12,15H,10,20H2,1-5H3,(H,21,23). The summed E-state index contributed by atoms with van der Waals surface area (Å²) in [7, 11) is 0. The molecule has 5 heteroatoms. The Kier molecular flexibility index (Phi) is 5.78. The predicted molar refractivity (Wildman–Crippen MR) is 101 cm³/mol. The quantitative estimate of drug-likeness (QED) is 0.861. The van der Waals surface area contributed by atoms with Gasteiger partial charge in [0.15, 0.2) is 0 Å². The zero-order chi connectivity index (χ0) is 17.9. The molecule has 0 fully saturated rings. The number of thiazole rings is 1. The number of rotatable bonds is 5. The maximum atomic E-state index is 12.5. The van der Waals surface area contributed by atoms with E-state index in [0.717, 1.165) is 11.3 Å². The van der Waals surface area contributed by atoms with Gasteiger partial charge in [-0.15, -0.1) is 11.3 Å². The molecule has 1 atom stereocenters. The third kappa shape index (κ3) is 4.42. The Morgan fingerprint density at radius 2 is 1.79 bits per heavy atom. The molecule has 2 aromatic rings. The first kappa shape index (κ1) is 18.6. The fourth-order valence-electron chi connectivity index (χ4n) is 2.47. The van der Waals surface area contributed by atoms with Crippen LogP contribution in [0, 0.1) is 0 Å². The molecule has 0 aliphatic heterocycles. The Balaban J connectivity index is 2.00. The number of aromatic nitrogens is 1. The van der Waals surface area contributed by atoms with Crippen LogP contribution in [-0.4, -0.2) is 17.4 Å². The van der Waals surface area contributed by atoms with Crippen molar-refractivity contribution in [3.8, 4) is 0 Å². The number of amides is 1. The Bertz CT molecular complexity index is 683. The second kappa shape index (κ2) is 7.45. The van der Waals surface area contributed by atoms with Crippen molar-refractivity contribution in [2.45, 2.75) is 52.0 Å². The molecule has 0 bridgehead atoms. The first-order valence-corrected chi connectivity index (χ1v) is 9.15. The number of nitrogens with zero attached hydrogens (tertiary/aromatic N) is 1. The maximum absolute atomic E-state index is 12.5. The molecule has 0 saturated carbocycles. The monoisotopic (exact) mass is 345 g/mol. The van der Waals surface area contributed by atoms with Gasteiger partial charge in [0, 0.05) is 18.0 Å². The summed E-state index contributed by atoms with van der Waals surface area (Å²) in [6.07, 6.45) is 0. The van der Waals surface area contributed by atoms with Crippen LogP contribution in [0.25, 0.3) is 0 Å². The van der Waals surface area contributed by atoms with Gasteiger partial charge in [-0.3, -0.25) is 4.79 Å². The lowest BCUT2D eigenvalue weighted by atomic mass is 9.91. The molecule has 1 aromatic heterocycles. The molecule has 0 radical (unpaired) electrons. The molecule has 1 heterocycles. The molecule has 0 saturated heterocycles. The maximum Gasteiger partial charge on any atom is 0.263 e. The van der Waals surface area contributed by atoms with E-state index in [1.54, 1.807) is 5.51 Å². The van der Waals surface area contributed by atoms with Crippen LogP contribution in [0.15, 0.2) is 29.8 Å². The van der Waals surface area contributed by atoms with Gasteiger partial charge < -0.3 is 11.1 Å². The van der Waals surface area contributed by atoms with Crippen molar-refractivity contribution < 1.29 is 4.79 Å². The van der Waals surface area contributed by atoms with E-state index >= 15 is 0 Å². The van der Waals surface area contributed by atoms with Crippen LogP contribution >= 0.6 is 11.3 Å². The van der Waals surface area contributed by atoms with Gasteiger partial charge in [-0.2, -0.15) is 0 Å². The van der Waals surface area contributed by atoms with Crippen LogP contribution in [-0.2, 0) is 5.41 Å². The smallest absolute Gasteiger partial charge is 0.263 e. The molecule has 130 valence electrons. The van der Waals surface area contributed by atoms with Crippen molar-refractivity contribution in [1.82, 2.24) is 10.3 Å². The fraction of sp³-hybridized carbons (Fsp3) is 0.474. The van der Waals surface area contributed by atoms with E-state index in [-0.39, 0.29) is 17.4 Å². The van der Waals surface area contributed by atoms with Crippen LogP contribution in [0.2, 0.25) is 0 Å². The SMILES string of the molecule is CC(C)c1ccc(C(N)CNC(=O)c2scnc2C(C)(C)C)cc1. The summed E-state index contributed by atoms with van der Waals surface area (Å²) < 4.78 is 0. The van der Waals surface area contributed by atoms with Crippen molar-refractivity contribution in [3.05, 3.63) is 51.5 Å². The van der Waals surface area contributed by atoms with E-state index in [1.807, 2.05) is 12.1 Å². The first-order valence-electron chi connectivity index (χ1n) is 8.27. The van der Waals surface area contributed by atoms with E-state index in [4.69, 9.17) is 5.73 Å². The second-order valence-corrected chi connectivity index (χ2v) is 8.27. The molecule has 24 heavy (non-hydrogen) atoms. The summed E-state index contributed by atoms with van der Waals surface area (Å²) >= 11 is 1.37. The predicted octanol–water partition coefficient (Wildman–Crippen LogP) is 3.99. The zero-order valence-electron chi connectivity index (χ0n) is 15.1. The third-order valence-corrected chi connectivity index (χ3v) is 4.82. The average molecular weight is 346 g/mol. The van der Waals surface area contributed by atoms with Gasteiger partial charge in [0.05, 0.1) is 11.2 Å². The molecule has 4 nitrogen and oxygen atoms in total. The fourth-order valence-corrected chi connectivity index (χ4v) is 3.38. The first-order chi connectivity index (χ1) is 11.2. The average Bonchev–Trinajstić information content (AvgIpc) is 3.02. The number of hydrogen-bond acceptors (Lipinski definition) is 4. The van der Waals surface area contributed by atoms with Crippen molar-refractivity contribution >= 4 is 17.2 Å². The molecular formula is C19H27N3OS. The van der Waals surface area contributed by atoms with Gasteiger partial charge in [-0.25, -0.2) is 4.98 Å². The molecule has 0 aliphatic carbocycles. The van der Waals surface area contributed by atoms with Gasteiger partial charge in [0.2, 0.25) is 0 Å². The molecule has 2 rings (SSSR count). The van der Waals surface area contributed by atoms with Crippen molar-refractivity contribution in [1.29, 1.82) is 0 Å². The van der Waals surface area contributed by atoms with E-state index in [2.05, 4.69) is 57.1 Å². The Hall–Kier alpha value is -1.72. The molecule has 0 spiro atoms. The van der Waals surface area contributed by atoms with E-state index in [1.165, 1.54) is 16.9 Å². The van der Waals surface area contributed by atoms with Gasteiger partial charge in [-0.05, 0) is 17.0 Å². The number of carbonyl (C=O) groups excluding carboxylic acids is 1. The molecule has 0 aliphatic rings. The topological polar surface area (TPSA) is 68.0 Å². The summed E-state index contributed by atoms with van der Waals surface area (Å²) in [6.45, 7) is 10.9. The molecular weight excluding hydrogens is 318 g/mol. The molecule has 1 aromatic carbocycles. The largest absolute Gasteiger partial charge is 0.349 e.